The van der Waals surface area contributed by atoms with Crippen LogP contribution in [-0.2, 0) is 4.79 Å². The number of nitrogens with zero attached hydrogens (tertiary/aromatic N) is 2. The van der Waals surface area contributed by atoms with Crippen molar-refractivity contribution in [2.24, 2.45) is 5.92 Å². The number of hydrogen-bond donors (Lipinski definition) is 0. The zero-order valence-electron chi connectivity index (χ0n) is 18.6. The number of piperidine rings is 1. The predicted molar refractivity (Wildman–Crippen MR) is 118 cm³/mol. The number of carbonyl (C=O) groups excluding carboxylic acids is 2. The van der Waals surface area contributed by atoms with E-state index < -0.39 is 0 Å². The maximum atomic E-state index is 13.4. The van der Waals surface area contributed by atoms with Crippen LogP contribution in [-0.4, -0.2) is 55.5 Å². The normalized spacial score (nSPS) is 19.2. The molecule has 0 radical (unpaired) electrons. The van der Waals surface area contributed by atoms with E-state index >= 15 is 0 Å². The standard InChI is InChI=1S/C25H29FN2O4/c1-31-20-9-10-21(23(16-20)32-2)22-4-3-13-28(22)25(30)18-11-14-27(15-12-18)24(29)17-5-7-19(26)8-6-17/h5-10,16,18,22H,3-4,11-15H2,1-2H3. The summed E-state index contributed by atoms with van der Waals surface area (Å²) in [5, 5.41) is 0. The van der Waals surface area contributed by atoms with Gasteiger partial charge in [-0.3, -0.25) is 9.59 Å². The number of benzene rings is 2. The Kier molecular flexibility index (Phi) is 6.63. The van der Waals surface area contributed by atoms with Crippen LogP contribution < -0.4 is 9.47 Å². The first-order valence-corrected chi connectivity index (χ1v) is 11.1. The Morgan fingerprint density at radius 1 is 0.938 bits per heavy atom. The molecule has 1 unspecified atom stereocenters. The Morgan fingerprint density at radius 2 is 1.66 bits per heavy atom. The number of rotatable bonds is 5. The number of carbonyl (C=O) groups is 2. The predicted octanol–water partition coefficient (Wildman–Crippen LogP) is 4.06. The second-order valence-electron chi connectivity index (χ2n) is 8.37. The molecule has 2 fully saturated rings. The van der Waals surface area contributed by atoms with Gasteiger partial charge in [-0.1, -0.05) is 0 Å². The lowest BCUT2D eigenvalue weighted by molar-refractivity contribution is -0.137. The van der Waals surface area contributed by atoms with Crippen LogP contribution in [0.2, 0.25) is 0 Å². The van der Waals surface area contributed by atoms with Crippen LogP contribution in [0.5, 0.6) is 11.5 Å². The van der Waals surface area contributed by atoms with Gasteiger partial charge >= 0.3 is 0 Å². The Bertz CT molecular complexity index is 970. The Hall–Kier alpha value is -3.09. The van der Waals surface area contributed by atoms with Crippen LogP contribution in [0.25, 0.3) is 0 Å². The highest BCUT2D eigenvalue weighted by Gasteiger charge is 2.37. The first-order valence-electron chi connectivity index (χ1n) is 11.1. The summed E-state index contributed by atoms with van der Waals surface area (Å²) in [5.74, 6) is 1.03. The summed E-state index contributed by atoms with van der Waals surface area (Å²) in [6.07, 6.45) is 3.12. The fourth-order valence-corrected chi connectivity index (χ4v) is 4.79. The molecule has 0 spiro atoms. The summed E-state index contributed by atoms with van der Waals surface area (Å²) < 4.78 is 24.0. The number of ether oxygens (including phenoxy) is 2. The van der Waals surface area contributed by atoms with Crippen molar-refractivity contribution < 1.29 is 23.5 Å². The molecule has 6 nitrogen and oxygen atoms in total. The van der Waals surface area contributed by atoms with E-state index in [0.29, 0.717) is 31.5 Å². The van der Waals surface area contributed by atoms with Gasteiger partial charge in [0.05, 0.1) is 20.3 Å². The maximum absolute atomic E-state index is 13.4. The zero-order valence-corrected chi connectivity index (χ0v) is 18.6. The van der Waals surface area contributed by atoms with Crippen LogP contribution >= 0.6 is 0 Å². The molecule has 0 aliphatic carbocycles. The lowest BCUT2D eigenvalue weighted by atomic mass is 9.93. The molecule has 2 amide bonds. The third-order valence-electron chi connectivity index (χ3n) is 6.56. The number of halogens is 1. The molecule has 2 heterocycles. The number of likely N-dealkylation sites (tertiary alicyclic amines) is 2. The van der Waals surface area contributed by atoms with Gasteiger partial charge in [0.2, 0.25) is 5.91 Å². The van der Waals surface area contributed by atoms with Crippen LogP contribution in [0.15, 0.2) is 42.5 Å². The third-order valence-corrected chi connectivity index (χ3v) is 6.56. The zero-order chi connectivity index (χ0) is 22.7. The van der Waals surface area contributed by atoms with E-state index in [4.69, 9.17) is 9.47 Å². The van der Waals surface area contributed by atoms with Gasteiger partial charge in [-0.2, -0.15) is 0 Å². The lowest BCUT2D eigenvalue weighted by Gasteiger charge is -2.35. The average molecular weight is 441 g/mol. The average Bonchev–Trinajstić information content (AvgIpc) is 3.33. The molecule has 0 bridgehead atoms. The molecule has 2 saturated heterocycles. The van der Waals surface area contributed by atoms with E-state index in [1.54, 1.807) is 19.1 Å². The van der Waals surface area contributed by atoms with Crippen molar-refractivity contribution in [3.63, 3.8) is 0 Å². The summed E-state index contributed by atoms with van der Waals surface area (Å²) >= 11 is 0. The van der Waals surface area contributed by atoms with Crippen molar-refractivity contribution in [2.45, 2.75) is 31.7 Å². The van der Waals surface area contributed by atoms with Crippen LogP contribution in [0.1, 0.15) is 47.6 Å². The molecule has 0 aromatic heterocycles. The van der Waals surface area contributed by atoms with Crippen molar-refractivity contribution >= 4 is 11.8 Å². The molecule has 2 aliphatic heterocycles. The van der Waals surface area contributed by atoms with Gasteiger partial charge in [0.25, 0.3) is 5.91 Å². The minimum absolute atomic E-state index is 0.0118. The van der Waals surface area contributed by atoms with Gasteiger partial charge in [0.15, 0.2) is 0 Å². The number of methoxy groups -OCH3 is 2. The van der Waals surface area contributed by atoms with E-state index in [0.717, 1.165) is 36.4 Å². The second kappa shape index (κ2) is 9.59. The van der Waals surface area contributed by atoms with E-state index in [1.807, 2.05) is 23.1 Å². The Morgan fingerprint density at radius 3 is 2.31 bits per heavy atom. The first-order chi connectivity index (χ1) is 15.5. The molecular weight excluding hydrogens is 411 g/mol. The van der Waals surface area contributed by atoms with Crippen molar-refractivity contribution in [3.8, 4) is 11.5 Å². The number of hydrogen-bond acceptors (Lipinski definition) is 4. The molecular formula is C25H29FN2O4. The van der Waals surface area contributed by atoms with Crippen LogP contribution in [0.4, 0.5) is 4.39 Å². The molecule has 2 aliphatic rings. The summed E-state index contributed by atoms with van der Waals surface area (Å²) in [6, 6.07) is 11.3. The highest BCUT2D eigenvalue weighted by atomic mass is 19.1. The summed E-state index contributed by atoms with van der Waals surface area (Å²) in [4.78, 5) is 29.8. The topological polar surface area (TPSA) is 59.1 Å². The smallest absolute Gasteiger partial charge is 0.253 e. The lowest BCUT2D eigenvalue weighted by Crippen LogP contribution is -2.44. The SMILES string of the molecule is COc1ccc(C2CCCN2C(=O)C2CCN(C(=O)c3ccc(F)cc3)CC2)c(OC)c1. The van der Waals surface area contributed by atoms with Gasteiger partial charge in [0, 0.05) is 42.7 Å². The molecule has 32 heavy (non-hydrogen) atoms. The van der Waals surface area contributed by atoms with Gasteiger partial charge in [-0.05, 0) is 62.1 Å². The summed E-state index contributed by atoms with van der Waals surface area (Å²) in [6.45, 7) is 1.78. The molecule has 1 atom stereocenters. The van der Waals surface area contributed by atoms with Gasteiger partial charge in [0.1, 0.15) is 17.3 Å². The van der Waals surface area contributed by atoms with Crippen molar-refractivity contribution in [3.05, 3.63) is 59.4 Å². The highest BCUT2D eigenvalue weighted by Crippen LogP contribution is 2.40. The Balaban J connectivity index is 1.41. The largest absolute Gasteiger partial charge is 0.497 e. The molecule has 2 aromatic carbocycles. The number of amides is 2. The molecule has 0 N–H and O–H groups in total. The van der Waals surface area contributed by atoms with E-state index in [-0.39, 0.29) is 29.6 Å². The van der Waals surface area contributed by atoms with Gasteiger partial charge in [-0.25, -0.2) is 4.39 Å². The molecule has 0 saturated carbocycles. The summed E-state index contributed by atoms with van der Waals surface area (Å²) in [7, 11) is 3.25. The van der Waals surface area contributed by atoms with Crippen molar-refractivity contribution in [1.29, 1.82) is 0 Å². The molecule has 7 heteroatoms. The molecule has 170 valence electrons. The maximum Gasteiger partial charge on any atom is 0.253 e. The van der Waals surface area contributed by atoms with Crippen molar-refractivity contribution in [1.82, 2.24) is 9.80 Å². The van der Waals surface area contributed by atoms with Gasteiger partial charge < -0.3 is 19.3 Å². The Labute approximate surface area is 187 Å². The quantitative estimate of drug-likeness (QED) is 0.704. The van der Waals surface area contributed by atoms with Gasteiger partial charge in [-0.15, -0.1) is 0 Å². The van der Waals surface area contributed by atoms with E-state index in [2.05, 4.69) is 0 Å². The second-order valence-corrected chi connectivity index (χ2v) is 8.37. The minimum Gasteiger partial charge on any atom is -0.497 e. The van der Waals surface area contributed by atoms with Crippen LogP contribution in [0.3, 0.4) is 0 Å². The minimum atomic E-state index is -0.362. The fourth-order valence-electron chi connectivity index (χ4n) is 4.79. The molecule has 2 aromatic rings. The van der Waals surface area contributed by atoms with E-state index in [9.17, 15) is 14.0 Å². The fraction of sp³-hybridized carbons (Fsp3) is 0.440. The van der Waals surface area contributed by atoms with Crippen LogP contribution in [0, 0.1) is 11.7 Å². The third kappa shape index (κ3) is 4.42. The monoisotopic (exact) mass is 440 g/mol. The van der Waals surface area contributed by atoms with Crippen molar-refractivity contribution in [2.75, 3.05) is 33.9 Å². The first kappa shape index (κ1) is 22.1. The van der Waals surface area contributed by atoms with E-state index in [1.165, 1.54) is 24.3 Å². The molecule has 4 rings (SSSR count). The highest BCUT2D eigenvalue weighted by molar-refractivity contribution is 5.94. The summed E-state index contributed by atoms with van der Waals surface area (Å²) in [5.41, 5.74) is 1.48.